The lowest BCUT2D eigenvalue weighted by Gasteiger charge is -2.20. The summed E-state index contributed by atoms with van der Waals surface area (Å²) in [6.07, 6.45) is 1.41. The number of hydrogen-bond acceptors (Lipinski definition) is 4. The summed E-state index contributed by atoms with van der Waals surface area (Å²) in [5.74, 6) is 0.476. The van der Waals surface area contributed by atoms with E-state index in [9.17, 15) is 4.79 Å². The predicted octanol–water partition coefficient (Wildman–Crippen LogP) is 0.463. The number of H-pyrrole nitrogens is 1. The SMILES string of the molecule is CN(Cc1ncn[nH]1)C(=O)[C@H](N)c1ccccc1. The third kappa shape index (κ3) is 2.72. The molecule has 0 aliphatic rings. The van der Waals surface area contributed by atoms with Gasteiger partial charge in [0.15, 0.2) is 0 Å². The molecule has 1 aromatic carbocycles. The molecule has 0 saturated heterocycles. The summed E-state index contributed by atoms with van der Waals surface area (Å²) in [5.41, 5.74) is 6.73. The summed E-state index contributed by atoms with van der Waals surface area (Å²) in [5, 5.41) is 6.44. The number of aromatic amines is 1. The molecule has 0 fully saturated rings. The van der Waals surface area contributed by atoms with E-state index in [-0.39, 0.29) is 5.91 Å². The summed E-state index contributed by atoms with van der Waals surface area (Å²) >= 11 is 0. The number of nitrogens with zero attached hydrogens (tertiary/aromatic N) is 3. The van der Waals surface area contributed by atoms with Gasteiger partial charge in [-0.2, -0.15) is 5.10 Å². The molecule has 3 N–H and O–H groups in total. The fourth-order valence-electron chi connectivity index (χ4n) is 1.65. The van der Waals surface area contributed by atoms with Gasteiger partial charge in [0, 0.05) is 7.05 Å². The van der Waals surface area contributed by atoms with Crippen molar-refractivity contribution in [3.8, 4) is 0 Å². The third-order valence-electron chi connectivity index (χ3n) is 2.65. The molecular formula is C12H15N5O. The molecule has 0 unspecified atom stereocenters. The van der Waals surface area contributed by atoms with E-state index < -0.39 is 6.04 Å². The van der Waals surface area contributed by atoms with Crippen molar-refractivity contribution in [3.63, 3.8) is 0 Å². The molecule has 0 aliphatic carbocycles. The number of rotatable bonds is 4. The minimum Gasteiger partial charge on any atom is -0.337 e. The van der Waals surface area contributed by atoms with Crippen LogP contribution in [0.2, 0.25) is 0 Å². The van der Waals surface area contributed by atoms with Gasteiger partial charge in [-0.15, -0.1) is 0 Å². The summed E-state index contributed by atoms with van der Waals surface area (Å²) in [6, 6.07) is 8.63. The van der Waals surface area contributed by atoms with E-state index in [4.69, 9.17) is 5.73 Å². The lowest BCUT2D eigenvalue weighted by atomic mass is 10.1. The van der Waals surface area contributed by atoms with Crippen LogP contribution in [-0.4, -0.2) is 33.0 Å². The number of aromatic nitrogens is 3. The van der Waals surface area contributed by atoms with Crippen molar-refractivity contribution in [2.75, 3.05) is 7.05 Å². The molecule has 0 saturated carbocycles. The second-order valence-electron chi connectivity index (χ2n) is 4.01. The quantitative estimate of drug-likeness (QED) is 0.819. The van der Waals surface area contributed by atoms with Gasteiger partial charge in [0.25, 0.3) is 0 Å². The molecule has 1 amide bonds. The normalized spacial score (nSPS) is 12.1. The summed E-state index contributed by atoms with van der Waals surface area (Å²) in [7, 11) is 1.69. The smallest absolute Gasteiger partial charge is 0.244 e. The van der Waals surface area contributed by atoms with Crippen LogP contribution in [0, 0.1) is 0 Å². The highest BCUT2D eigenvalue weighted by atomic mass is 16.2. The molecule has 1 atom stereocenters. The second-order valence-corrected chi connectivity index (χ2v) is 4.01. The first-order valence-corrected chi connectivity index (χ1v) is 5.58. The fourth-order valence-corrected chi connectivity index (χ4v) is 1.65. The van der Waals surface area contributed by atoms with Crippen molar-refractivity contribution < 1.29 is 4.79 Å². The number of carbonyl (C=O) groups is 1. The number of nitrogens with two attached hydrogens (primary N) is 1. The van der Waals surface area contributed by atoms with Crippen LogP contribution in [0.25, 0.3) is 0 Å². The van der Waals surface area contributed by atoms with Gasteiger partial charge in [-0.05, 0) is 5.56 Å². The Hall–Kier alpha value is -2.21. The zero-order valence-corrected chi connectivity index (χ0v) is 10.1. The van der Waals surface area contributed by atoms with Gasteiger partial charge >= 0.3 is 0 Å². The Bertz CT molecular complexity index is 496. The maximum atomic E-state index is 12.1. The van der Waals surface area contributed by atoms with E-state index in [0.29, 0.717) is 12.4 Å². The Morgan fingerprint density at radius 3 is 2.78 bits per heavy atom. The Labute approximate surface area is 105 Å². The van der Waals surface area contributed by atoms with Gasteiger partial charge in [-0.1, -0.05) is 30.3 Å². The molecule has 0 spiro atoms. The van der Waals surface area contributed by atoms with Crippen LogP contribution >= 0.6 is 0 Å². The van der Waals surface area contributed by atoms with Gasteiger partial charge in [0.1, 0.15) is 18.2 Å². The van der Waals surface area contributed by atoms with Crippen molar-refractivity contribution >= 4 is 5.91 Å². The van der Waals surface area contributed by atoms with Crippen molar-refractivity contribution in [3.05, 3.63) is 48.0 Å². The summed E-state index contributed by atoms with van der Waals surface area (Å²) in [4.78, 5) is 17.6. The third-order valence-corrected chi connectivity index (χ3v) is 2.65. The van der Waals surface area contributed by atoms with E-state index >= 15 is 0 Å². The van der Waals surface area contributed by atoms with Crippen molar-refractivity contribution in [1.82, 2.24) is 20.1 Å². The molecule has 2 rings (SSSR count). The van der Waals surface area contributed by atoms with Crippen LogP contribution in [0.15, 0.2) is 36.7 Å². The van der Waals surface area contributed by atoms with Crippen LogP contribution in [0.3, 0.4) is 0 Å². The Kier molecular flexibility index (Phi) is 3.69. The van der Waals surface area contributed by atoms with Gasteiger partial charge < -0.3 is 10.6 Å². The van der Waals surface area contributed by atoms with Crippen molar-refractivity contribution in [2.45, 2.75) is 12.6 Å². The minimum atomic E-state index is -0.654. The van der Waals surface area contributed by atoms with Gasteiger partial charge in [0.2, 0.25) is 5.91 Å². The van der Waals surface area contributed by atoms with Crippen LogP contribution < -0.4 is 5.73 Å². The maximum absolute atomic E-state index is 12.1. The molecule has 6 nitrogen and oxygen atoms in total. The molecule has 1 heterocycles. The average Bonchev–Trinajstić information content (AvgIpc) is 2.91. The molecule has 0 bridgehead atoms. The Morgan fingerprint density at radius 2 is 2.17 bits per heavy atom. The van der Waals surface area contributed by atoms with E-state index in [1.54, 1.807) is 7.05 Å². The average molecular weight is 245 g/mol. The monoisotopic (exact) mass is 245 g/mol. The largest absolute Gasteiger partial charge is 0.337 e. The van der Waals surface area contributed by atoms with Crippen LogP contribution in [-0.2, 0) is 11.3 Å². The lowest BCUT2D eigenvalue weighted by molar-refractivity contribution is -0.132. The molecule has 0 radical (unpaired) electrons. The van der Waals surface area contributed by atoms with Crippen LogP contribution in [0.4, 0.5) is 0 Å². The van der Waals surface area contributed by atoms with E-state index in [1.165, 1.54) is 11.2 Å². The number of benzene rings is 1. The molecular weight excluding hydrogens is 230 g/mol. The maximum Gasteiger partial charge on any atom is 0.244 e. The highest BCUT2D eigenvalue weighted by Crippen LogP contribution is 2.12. The standard InChI is InChI=1S/C12H15N5O/c1-17(7-10-14-8-15-16-10)12(18)11(13)9-5-3-2-4-6-9/h2-6,8,11H,7,13H2,1H3,(H,14,15,16)/t11-/m1/s1. The second kappa shape index (κ2) is 5.42. The minimum absolute atomic E-state index is 0.155. The van der Waals surface area contributed by atoms with Gasteiger partial charge in [-0.25, -0.2) is 4.98 Å². The molecule has 1 aromatic heterocycles. The molecule has 18 heavy (non-hydrogen) atoms. The first-order chi connectivity index (χ1) is 8.68. The van der Waals surface area contributed by atoms with E-state index in [0.717, 1.165) is 5.56 Å². The predicted molar refractivity (Wildman–Crippen MR) is 66.2 cm³/mol. The highest BCUT2D eigenvalue weighted by molar-refractivity contribution is 5.82. The molecule has 6 heteroatoms. The topological polar surface area (TPSA) is 87.9 Å². The summed E-state index contributed by atoms with van der Waals surface area (Å²) < 4.78 is 0. The number of hydrogen-bond donors (Lipinski definition) is 2. The molecule has 0 aliphatic heterocycles. The van der Waals surface area contributed by atoms with Crippen molar-refractivity contribution in [1.29, 1.82) is 0 Å². The Morgan fingerprint density at radius 1 is 1.44 bits per heavy atom. The van der Waals surface area contributed by atoms with Crippen LogP contribution in [0.1, 0.15) is 17.4 Å². The fraction of sp³-hybridized carbons (Fsp3) is 0.250. The number of nitrogens with one attached hydrogen (secondary N) is 1. The first-order valence-electron chi connectivity index (χ1n) is 5.58. The van der Waals surface area contributed by atoms with Crippen LogP contribution in [0.5, 0.6) is 0 Å². The Balaban J connectivity index is 2.02. The summed E-state index contributed by atoms with van der Waals surface area (Å²) in [6.45, 7) is 0.360. The highest BCUT2D eigenvalue weighted by Gasteiger charge is 2.20. The first kappa shape index (κ1) is 12.3. The zero-order valence-electron chi connectivity index (χ0n) is 10.1. The lowest BCUT2D eigenvalue weighted by Crippen LogP contribution is -2.35. The van der Waals surface area contributed by atoms with Gasteiger partial charge in [-0.3, -0.25) is 9.89 Å². The van der Waals surface area contributed by atoms with E-state index in [1.807, 2.05) is 30.3 Å². The number of likely N-dealkylation sites (N-methyl/N-ethyl adjacent to an activating group) is 1. The van der Waals surface area contributed by atoms with Gasteiger partial charge in [0.05, 0.1) is 6.54 Å². The number of carbonyl (C=O) groups excluding carboxylic acids is 1. The molecule has 94 valence electrons. The zero-order chi connectivity index (χ0) is 13.0. The van der Waals surface area contributed by atoms with Crippen molar-refractivity contribution in [2.24, 2.45) is 5.73 Å². The number of amides is 1. The van der Waals surface area contributed by atoms with E-state index in [2.05, 4.69) is 15.2 Å². The molecule has 2 aromatic rings.